The number of rotatable bonds is 3. The molecule has 2 aromatic rings. The molecule has 122 valence electrons. The maximum Gasteiger partial charge on any atom is 0.275 e. The topological polar surface area (TPSA) is 71.7 Å². The van der Waals surface area contributed by atoms with Crippen molar-refractivity contribution in [1.29, 1.82) is 0 Å². The Hall–Kier alpha value is -2.41. The number of amides is 1. The van der Waals surface area contributed by atoms with Crippen molar-refractivity contribution in [3.8, 4) is 0 Å². The number of carbonyl (C=O) groups is 1. The molecule has 3 heterocycles. The summed E-state index contributed by atoms with van der Waals surface area (Å²) in [5.74, 6) is 1.21. The number of ether oxygens (including phenoxy) is 1. The summed E-state index contributed by atoms with van der Waals surface area (Å²) in [6.07, 6.45) is 1.16. The first-order chi connectivity index (χ1) is 11.0. The SMILES string of the molecule is Cc1nc(C(=O)N2CCOC(c3cccc(N(C)C)n3)C2)co1. The Bertz CT molecular complexity index is 698. The van der Waals surface area contributed by atoms with Crippen molar-refractivity contribution in [3.63, 3.8) is 0 Å². The third-order valence-corrected chi connectivity index (χ3v) is 3.74. The van der Waals surface area contributed by atoms with Gasteiger partial charge in [-0.3, -0.25) is 4.79 Å². The normalized spacial score (nSPS) is 18.0. The van der Waals surface area contributed by atoms with Crippen LogP contribution in [-0.4, -0.2) is 54.6 Å². The third kappa shape index (κ3) is 3.34. The molecule has 0 aromatic carbocycles. The zero-order valence-corrected chi connectivity index (χ0v) is 13.5. The highest BCUT2D eigenvalue weighted by Gasteiger charge is 2.28. The second-order valence-electron chi connectivity index (χ2n) is 5.68. The molecule has 1 saturated heterocycles. The van der Waals surface area contributed by atoms with E-state index in [1.165, 1.54) is 6.26 Å². The zero-order valence-electron chi connectivity index (χ0n) is 13.5. The lowest BCUT2D eigenvalue weighted by atomic mass is 10.1. The fourth-order valence-corrected chi connectivity index (χ4v) is 2.50. The van der Waals surface area contributed by atoms with Gasteiger partial charge in [-0.25, -0.2) is 9.97 Å². The van der Waals surface area contributed by atoms with Crippen molar-refractivity contribution in [2.24, 2.45) is 0 Å². The number of oxazole rings is 1. The summed E-state index contributed by atoms with van der Waals surface area (Å²) in [6, 6.07) is 5.81. The Morgan fingerprint density at radius 3 is 2.87 bits per heavy atom. The molecule has 0 spiro atoms. The first kappa shape index (κ1) is 15.5. The van der Waals surface area contributed by atoms with E-state index in [0.29, 0.717) is 31.3 Å². The van der Waals surface area contributed by atoms with E-state index in [4.69, 9.17) is 9.15 Å². The molecule has 1 fully saturated rings. The predicted molar refractivity (Wildman–Crippen MR) is 84.4 cm³/mol. The van der Waals surface area contributed by atoms with E-state index >= 15 is 0 Å². The van der Waals surface area contributed by atoms with E-state index in [1.807, 2.05) is 37.2 Å². The van der Waals surface area contributed by atoms with Crippen LogP contribution in [0.25, 0.3) is 0 Å². The van der Waals surface area contributed by atoms with Gasteiger partial charge in [0.25, 0.3) is 5.91 Å². The van der Waals surface area contributed by atoms with Gasteiger partial charge in [0.15, 0.2) is 11.6 Å². The van der Waals surface area contributed by atoms with E-state index in [0.717, 1.165) is 11.5 Å². The number of nitrogens with zero attached hydrogens (tertiary/aromatic N) is 4. The Morgan fingerprint density at radius 2 is 2.17 bits per heavy atom. The van der Waals surface area contributed by atoms with E-state index in [-0.39, 0.29) is 12.0 Å². The molecule has 0 bridgehead atoms. The van der Waals surface area contributed by atoms with Gasteiger partial charge in [0.05, 0.1) is 18.8 Å². The molecule has 1 atom stereocenters. The van der Waals surface area contributed by atoms with Crippen molar-refractivity contribution in [2.75, 3.05) is 38.7 Å². The molecule has 0 aliphatic carbocycles. The molecule has 0 radical (unpaired) electrons. The second-order valence-corrected chi connectivity index (χ2v) is 5.68. The summed E-state index contributed by atoms with van der Waals surface area (Å²) in [7, 11) is 3.88. The fraction of sp³-hybridized carbons (Fsp3) is 0.438. The summed E-state index contributed by atoms with van der Waals surface area (Å²) >= 11 is 0. The first-order valence-electron chi connectivity index (χ1n) is 7.52. The van der Waals surface area contributed by atoms with E-state index in [9.17, 15) is 4.79 Å². The van der Waals surface area contributed by atoms with E-state index < -0.39 is 0 Å². The van der Waals surface area contributed by atoms with Crippen molar-refractivity contribution < 1.29 is 13.9 Å². The van der Waals surface area contributed by atoms with Gasteiger partial charge in [0.2, 0.25) is 0 Å². The summed E-state index contributed by atoms with van der Waals surface area (Å²) in [5, 5.41) is 0. The van der Waals surface area contributed by atoms with Gasteiger partial charge in [-0.05, 0) is 12.1 Å². The first-order valence-corrected chi connectivity index (χ1v) is 7.52. The van der Waals surface area contributed by atoms with Crippen LogP contribution in [0.15, 0.2) is 28.9 Å². The van der Waals surface area contributed by atoms with Gasteiger partial charge >= 0.3 is 0 Å². The van der Waals surface area contributed by atoms with Crippen LogP contribution in [-0.2, 0) is 4.74 Å². The number of aromatic nitrogens is 2. The molecule has 1 aliphatic heterocycles. The smallest absolute Gasteiger partial charge is 0.275 e. The Labute approximate surface area is 134 Å². The number of morpholine rings is 1. The summed E-state index contributed by atoms with van der Waals surface area (Å²) in [6.45, 7) is 3.18. The Balaban J connectivity index is 1.75. The van der Waals surface area contributed by atoms with Crippen molar-refractivity contribution in [3.05, 3.63) is 41.7 Å². The molecule has 1 unspecified atom stereocenters. The van der Waals surface area contributed by atoms with E-state index in [1.54, 1.807) is 11.8 Å². The molecule has 1 amide bonds. The highest BCUT2D eigenvalue weighted by Crippen LogP contribution is 2.23. The van der Waals surface area contributed by atoms with Crippen LogP contribution in [0.5, 0.6) is 0 Å². The number of pyridine rings is 1. The average Bonchev–Trinajstić information content (AvgIpc) is 3.01. The highest BCUT2D eigenvalue weighted by atomic mass is 16.5. The lowest BCUT2D eigenvalue weighted by Crippen LogP contribution is -2.42. The summed E-state index contributed by atoms with van der Waals surface area (Å²) in [5.41, 5.74) is 1.16. The van der Waals surface area contributed by atoms with Gasteiger partial charge in [0.1, 0.15) is 18.2 Å². The quantitative estimate of drug-likeness (QED) is 0.857. The summed E-state index contributed by atoms with van der Waals surface area (Å²) in [4.78, 5) is 24.8. The van der Waals surface area contributed by atoms with Crippen LogP contribution in [0, 0.1) is 6.92 Å². The maximum atomic E-state index is 12.5. The van der Waals surface area contributed by atoms with Crippen LogP contribution >= 0.6 is 0 Å². The monoisotopic (exact) mass is 316 g/mol. The van der Waals surface area contributed by atoms with Crippen LogP contribution < -0.4 is 4.90 Å². The minimum absolute atomic E-state index is 0.140. The Morgan fingerprint density at radius 1 is 1.35 bits per heavy atom. The van der Waals surface area contributed by atoms with Gasteiger partial charge in [0, 0.05) is 27.6 Å². The minimum Gasteiger partial charge on any atom is -0.448 e. The molecule has 0 N–H and O–H groups in total. The van der Waals surface area contributed by atoms with Gasteiger partial charge in [-0.15, -0.1) is 0 Å². The van der Waals surface area contributed by atoms with Crippen LogP contribution in [0.3, 0.4) is 0 Å². The molecule has 7 heteroatoms. The van der Waals surface area contributed by atoms with Gasteiger partial charge < -0.3 is 19.0 Å². The zero-order chi connectivity index (χ0) is 16.4. The third-order valence-electron chi connectivity index (χ3n) is 3.74. The van der Waals surface area contributed by atoms with Gasteiger partial charge in [-0.2, -0.15) is 0 Å². The number of carbonyl (C=O) groups excluding carboxylic acids is 1. The fourth-order valence-electron chi connectivity index (χ4n) is 2.50. The molecule has 7 nitrogen and oxygen atoms in total. The maximum absolute atomic E-state index is 12.5. The standard InChI is InChI=1S/C16H20N4O3/c1-11-17-13(10-23-11)16(21)20-7-8-22-14(9-20)12-5-4-6-15(18-12)19(2)3/h4-6,10,14H,7-9H2,1-3H3. The van der Waals surface area contributed by atoms with Crippen molar-refractivity contribution >= 4 is 11.7 Å². The molecule has 3 rings (SSSR count). The highest BCUT2D eigenvalue weighted by molar-refractivity contribution is 5.92. The van der Waals surface area contributed by atoms with E-state index in [2.05, 4.69) is 9.97 Å². The van der Waals surface area contributed by atoms with Crippen LogP contribution in [0.2, 0.25) is 0 Å². The summed E-state index contributed by atoms with van der Waals surface area (Å²) < 4.78 is 10.9. The molecule has 0 saturated carbocycles. The number of hydrogen-bond acceptors (Lipinski definition) is 6. The van der Waals surface area contributed by atoms with Crippen LogP contribution in [0.4, 0.5) is 5.82 Å². The van der Waals surface area contributed by atoms with Gasteiger partial charge in [-0.1, -0.05) is 6.07 Å². The molecule has 23 heavy (non-hydrogen) atoms. The lowest BCUT2D eigenvalue weighted by Gasteiger charge is -2.32. The number of hydrogen-bond donors (Lipinski definition) is 0. The van der Waals surface area contributed by atoms with Crippen molar-refractivity contribution in [1.82, 2.24) is 14.9 Å². The predicted octanol–water partition coefficient (Wildman–Crippen LogP) is 1.66. The molecular formula is C16H20N4O3. The molecule has 2 aromatic heterocycles. The number of aryl methyl sites for hydroxylation is 1. The largest absolute Gasteiger partial charge is 0.448 e. The molecular weight excluding hydrogens is 296 g/mol. The molecule has 1 aliphatic rings. The number of anilines is 1. The Kier molecular flexibility index (Phi) is 4.29. The van der Waals surface area contributed by atoms with Crippen LogP contribution in [0.1, 0.15) is 28.2 Å². The van der Waals surface area contributed by atoms with Crippen molar-refractivity contribution in [2.45, 2.75) is 13.0 Å². The second kappa shape index (κ2) is 6.37. The lowest BCUT2D eigenvalue weighted by molar-refractivity contribution is -0.0248. The average molecular weight is 316 g/mol. The minimum atomic E-state index is -0.236.